The van der Waals surface area contributed by atoms with Gasteiger partial charge in [0.05, 0.1) is 6.54 Å². The second-order valence-corrected chi connectivity index (χ2v) is 6.51. The van der Waals surface area contributed by atoms with Crippen LogP contribution in [0.15, 0.2) is 42.5 Å². The van der Waals surface area contributed by atoms with Crippen LogP contribution in [0, 0.1) is 6.92 Å². The van der Waals surface area contributed by atoms with Gasteiger partial charge < -0.3 is 45.6 Å². The molecule has 10 heteroatoms. The molecular formula is C18H23NO9. The van der Waals surface area contributed by atoms with Crippen molar-refractivity contribution in [3.05, 3.63) is 53.6 Å². The number of rotatable bonds is 8. The Labute approximate surface area is 160 Å². The number of hydrogen-bond acceptors (Lipinski definition) is 10. The summed E-state index contributed by atoms with van der Waals surface area (Å²) in [5, 5.41) is 80.3. The number of aryl methyl sites for hydroxylation is 1. The van der Waals surface area contributed by atoms with Gasteiger partial charge in [-0.05, 0) is 42.3 Å². The zero-order valence-electron chi connectivity index (χ0n) is 14.9. The summed E-state index contributed by atoms with van der Waals surface area (Å²) in [6.07, 6.45) is -0.542. The highest BCUT2D eigenvalue weighted by atomic mass is 16.8. The lowest BCUT2D eigenvalue weighted by Crippen LogP contribution is -2.65. The molecule has 0 spiro atoms. The van der Waals surface area contributed by atoms with Crippen molar-refractivity contribution in [2.24, 2.45) is 0 Å². The number of aliphatic hydroxyl groups is 6. The lowest BCUT2D eigenvalue weighted by atomic mass is 10.1. The van der Waals surface area contributed by atoms with Gasteiger partial charge in [-0.25, -0.2) is 0 Å². The van der Waals surface area contributed by atoms with Gasteiger partial charge in [0.15, 0.2) is 11.5 Å². The molecule has 154 valence electrons. The highest BCUT2D eigenvalue weighted by molar-refractivity contribution is 5.40. The molecule has 2 rings (SSSR count). The number of ether oxygens (including phenoxy) is 1. The van der Waals surface area contributed by atoms with Crippen molar-refractivity contribution < 1.29 is 45.6 Å². The van der Waals surface area contributed by atoms with Gasteiger partial charge >= 0.3 is 5.97 Å². The SMILES string of the molecule is Cc1cccc(OC(O)(O)C(O)(O)CNC(O)(O)Cc2ccc(O)c(O)c2)c1. The van der Waals surface area contributed by atoms with Crippen LogP contribution in [-0.2, 0) is 6.42 Å². The Morgan fingerprint density at radius 3 is 2.18 bits per heavy atom. The van der Waals surface area contributed by atoms with Gasteiger partial charge in [-0.2, -0.15) is 0 Å². The number of benzene rings is 2. The molecule has 0 amide bonds. The quantitative estimate of drug-likeness (QED) is 0.189. The molecule has 0 bridgehead atoms. The van der Waals surface area contributed by atoms with Gasteiger partial charge in [-0.3, -0.25) is 5.32 Å². The first-order valence-corrected chi connectivity index (χ1v) is 8.17. The van der Waals surface area contributed by atoms with Gasteiger partial charge in [-0.15, -0.1) is 0 Å². The molecule has 0 aliphatic rings. The summed E-state index contributed by atoms with van der Waals surface area (Å²) in [6.45, 7) is 0.589. The third kappa shape index (κ3) is 5.53. The summed E-state index contributed by atoms with van der Waals surface area (Å²) >= 11 is 0. The molecule has 0 fully saturated rings. The maximum absolute atomic E-state index is 9.96. The minimum Gasteiger partial charge on any atom is -0.504 e. The van der Waals surface area contributed by atoms with E-state index in [1.807, 2.05) is 5.32 Å². The topological polar surface area (TPSA) is 183 Å². The van der Waals surface area contributed by atoms with Crippen molar-refractivity contribution in [2.45, 2.75) is 31.0 Å². The van der Waals surface area contributed by atoms with Crippen LogP contribution in [0.3, 0.4) is 0 Å². The lowest BCUT2D eigenvalue weighted by Gasteiger charge is -2.36. The molecule has 0 saturated heterocycles. The molecule has 0 unspecified atom stereocenters. The van der Waals surface area contributed by atoms with Crippen molar-refractivity contribution in [1.82, 2.24) is 5.32 Å². The van der Waals surface area contributed by atoms with Crippen LogP contribution in [0.25, 0.3) is 0 Å². The molecule has 0 saturated carbocycles. The highest BCUT2D eigenvalue weighted by Gasteiger charge is 2.51. The Morgan fingerprint density at radius 2 is 1.57 bits per heavy atom. The van der Waals surface area contributed by atoms with Crippen LogP contribution in [0.1, 0.15) is 11.1 Å². The van der Waals surface area contributed by atoms with E-state index in [0.29, 0.717) is 0 Å². The van der Waals surface area contributed by atoms with Crippen LogP contribution in [0.5, 0.6) is 17.2 Å². The standard InChI is InChI=1S/C18H23NO9/c1-11-3-2-4-13(7-11)28-18(26,27)16(22,23)10-19-17(24,25)9-12-5-6-14(20)15(21)8-12/h2-8,19-27H,9-10H2,1H3. The van der Waals surface area contributed by atoms with E-state index in [0.717, 1.165) is 17.7 Å². The first-order valence-electron chi connectivity index (χ1n) is 8.17. The molecule has 9 N–H and O–H groups in total. The Balaban J connectivity index is 2.03. The van der Waals surface area contributed by atoms with E-state index in [1.54, 1.807) is 19.1 Å². The van der Waals surface area contributed by atoms with Crippen molar-refractivity contribution in [1.29, 1.82) is 0 Å². The van der Waals surface area contributed by atoms with E-state index in [1.165, 1.54) is 18.2 Å². The molecule has 28 heavy (non-hydrogen) atoms. The second kappa shape index (κ2) is 7.89. The van der Waals surface area contributed by atoms with E-state index in [9.17, 15) is 40.9 Å². The van der Waals surface area contributed by atoms with Crippen molar-refractivity contribution in [3.63, 3.8) is 0 Å². The van der Waals surface area contributed by atoms with E-state index in [2.05, 4.69) is 0 Å². The van der Waals surface area contributed by atoms with Crippen molar-refractivity contribution >= 4 is 0 Å². The van der Waals surface area contributed by atoms with Gasteiger partial charge in [0.25, 0.3) is 5.79 Å². The van der Waals surface area contributed by atoms with Crippen LogP contribution in [0.2, 0.25) is 0 Å². The molecule has 0 aliphatic heterocycles. The third-order valence-corrected chi connectivity index (χ3v) is 3.88. The molecule has 10 nitrogen and oxygen atoms in total. The number of nitrogens with one attached hydrogen (secondary N) is 1. The van der Waals surface area contributed by atoms with Crippen molar-refractivity contribution in [3.8, 4) is 17.2 Å². The summed E-state index contributed by atoms with van der Waals surface area (Å²) in [6, 6.07) is 9.55. The molecular weight excluding hydrogens is 374 g/mol. The van der Waals surface area contributed by atoms with Crippen LogP contribution >= 0.6 is 0 Å². The van der Waals surface area contributed by atoms with Gasteiger partial charge in [0.1, 0.15) is 5.75 Å². The first-order chi connectivity index (χ1) is 12.8. The first kappa shape index (κ1) is 21.9. The third-order valence-electron chi connectivity index (χ3n) is 3.88. The molecule has 0 aromatic heterocycles. The fourth-order valence-electron chi connectivity index (χ4n) is 2.33. The Hall–Kier alpha value is -2.44. The minimum absolute atomic E-state index is 0.0590. The Morgan fingerprint density at radius 1 is 0.893 bits per heavy atom. The Bertz CT molecular complexity index is 820. The average molecular weight is 397 g/mol. The second-order valence-electron chi connectivity index (χ2n) is 6.51. The predicted molar refractivity (Wildman–Crippen MR) is 94.8 cm³/mol. The molecule has 2 aromatic carbocycles. The van der Waals surface area contributed by atoms with Gasteiger partial charge in [0, 0.05) is 6.42 Å². The predicted octanol–water partition coefficient (Wildman–Crippen LogP) is -1.42. The molecule has 0 aliphatic carbocycles. The van der Waals surface area contributed by atoms with Crippen LogP contribution in [0.4, 0.5) is 0 Å². The number of hydrogen-bond donors (Lipinski definition) is 9. The summed E-state index contributed by atoms with van der Waals surface area (Å²) in [5.74, 6) is -10.5. The van der Waals surface area contributed by atoms with E-state index in [-0.39, 0.29) is 11.3 Å². The summed E-state index contributed by atoms with van der Waals surface area (Å²) < 4.78 is 4.81. The average Bonchev–Trinajstić information content (AvgIpc) is 2.56. The minimum atomic E-state index is -3.49. The van der Waals surface area contributed by atoms with Gasteiger partial charge in [0.2, 0.25) is 5.91 Å². The number of aromatic hydroxyl groups is 2. The maximum Gasteiger partial charge on any atom is 0.380 e. The molecule has 2 aromatic rings. The van der Waals surface area contributed by atoms with Crippen LogP contribution < -0.4 is 10.1 Å². The van der Waals surface area contributed by atoms with E-state index >= 15 is 0 Å². The maximum atomic E-state index is 9.96. The number of phenolic OH excluding ortho intramolecular Hbond substituents is 2. The smallest absolute Gasteiger partial charge is 0.380 e. The molecule has 0 heterocycles. The summed E-state index contributed by atoms with van der Waals surface area (Å²) in [4.78, 5) is 0. The molecule has 0 radical (unpaired) electrons. The summed E-state index contributed by atoms with van der Waals surface area (Å²) in [5.41, 5.74) is 0.902. The Kier molecular flexibility index (Phi) is 6.16. The zero-order chi connectivity index (χ0) is 21.2. The lowest BCUT2D eigenvalue weighted by molar-refractivity contribution is -0.432. The largest absolute Gasteiger partial charge is 0.504 e. The number of phenols is 2. The molecule has 0 atom stereocenters. The summed E-state index contributed by atoms with van der Waals surface area (Å²) in [7, 11) is 0. The normalized spacial score (nSPS) is 12.8. The fourth-order valence-corrected chi connectivity index (χ4v) is 2.33. The fraction of sp³-hybridized carbons (Fsp3) is 0.333. The monoisotopic (exact) mass is 397 g/mol. The highest BCUT2D eigenvalue weighted by Crippen LogP contribution is 2.27. The van der Waals surface area contributed by atoms with Gasteiger partial charge in [-0.1, -0.05) is 18.2 Å². The van der Waals surface area contributed by atoms with Crippen molar-refractivity contribution in [2.75, 3.05) is 6.54 Å². The zero-order valence-corrected chi connectivity index (χ0v) is 14.9. The van der Waals surface area contributed by atoms with Crippen LogP contribution in [-0.4, -0.2) is 65.1 Å². The van der Waals surface area contributed by atoms with E-state index in [4.69, 9.17) is 4.74 Å². The van der Waals surface area contributed by atoms with E-state index < -0.39 is 42.1 Å².